The van der Waals surface area contributed by atoms with Gasteiger partial charge in [0.1, 0.15) is 10.7 Å². The van der Waals surface area contributed by atoms with E-state index in [-0.39, 0.29) is 18.0 Å². The van der Waals surface area contributed by atoms with Crippen LogP contribution in [0, 0.1) is 0 Å². The van der Waals surface area contributed by atoms with E-state index in [1.54, 1.807) is 11.9 Å². The third-order valence-electron chi connectivity index (χ3n) is 3.03. The summed E-state index contributed by atoms with van der Waals surface area (Å²) < 4.78 is 5.30. The normalized spacial score (nSPS) is 18.8. The van der Waals surface area contributed by atoms with Gasteiger partial charge in [0.15, 0.2) is 5.13 Å². The lowest BCUT2D eigenvalue weighted by Gasteiger charge is -2.22. The Balaban J connectivity index is 2.11. The fraction of sp³-hybridized carbons (Fsp3) is 0.667. The zero-order valence-electron chi connectivity index (χ0n) is 11.5. The van der Waals surface area contributed by atoms with Crippen LogP contribution in [0.1, 0.15) is 29.9 Å². The third-order valence-corrected chi connectivity index (χ3v) is 4.02. The lowest BCUT2D eigenvalue weighted by atomic mass is 10.2. The van der Waals surface area contributed by atoms with Crippen LogP contribution in [0.25, 0.3) is 0 Å². The summed E-state index contributed by atoms with van der Waals surface area (Å²) in [5.41, 5.74) is 5.84. The van der Waals surface area contributed by atoms with Gasteiger partial charge < -0.3 is 20.7 Å². The molecule has 1 aromatic rings. The largest absolute Gasteiger partial charge is 0.382 e. The summed E-state index contributed by atoms with van der Waals surface area (Å²) in [6, 6.07) is 0.393. The zero-order valence-corrected chi connectivity index (χ0v) is 12.3. The van der Waals surface area contributed by atoms with Gasteiger partial charge in [0.2, 0.25) is 0 Å². The molecule has 1 aromatic heterocycles. The average molecular weight is 284 g/mol. The Hall–Kier alpha value is -1.34. The highest BCUT2D eigenvalue weighted by Crippen LogP contribution is 2.27. The lowest BCUT2D eigenvalue weighted by Crippen LogP contribution is -2.37. The number of ether oxygens (including phenoxy) is 1. The number of thiazole rings is 1. The van der Waals surface area contributed by atoms with Crippen molar-refractivity contribution in [3.8, 4) is 0 Å². The number of likely N-dealkylation sites (N-methyl/N-ethyl adjacent to an activating group) is 1. The predicted molar refractivity (Wildman–Crippen MR) is 76.6 cm³/mol. The molecule has 2 heterocycles. The van der Waals surface area contributed by atoms with E-state index in [0.29, 0.717) is 29.0 Å². The van der Waals surface area contributed by atoms with Gasteiger partial charge in [-0.05, 0) is 20.3 Å². The monoisotopic (exact) mass is 284 g/mol. The summed E-state index contributed by atoms with van der Waals surface area (Å²) in [6.45, 7) is 5.33. The van der Waals surface area contributed by atoms with Crippen molar-refractivity contribution in [1.29, 1.82) is 0 Å². The summed E-state index contributed by atoms with van der Waals surface area (Å²) in [5.74, 6) is 0.214. The van der Waals surface area contributed by atoms with E-state index < -0.39 is 0 Å². The highest BCUT2D eigenvalue weighted by molar-refractivity contribution is 7.18. The Bertz CT molecular complexity index is 455. The Morgan fingerprint density at radius 2 is 2.37 bits per heavy atom. The number of aromatic nitrogens is 1. The van der Waals surface area contributed by atoms with Crippen molar-refractivity contribution in [3.63, 3.8) is 0 Å². The quantitative estimate of drug-likeness (QED) is 0.873. The summed E-state index contributed by atoms with van der Waals surface area (Å²) in [6.07, 6.45) is 0.873. The molecule has 1 aliphatic rings. The predicted octanol–water partition coefficient (Wildman–Crippen LogP) is 1.41. The van der Waals surface area contributed by atoms with Crippen LogP contribution in [-0.2, 0) is 4.74 Å². The number of rotatable bonds is 4. The molecule has 1 atom stereocenters. The number of carbonyl (C=O) groups is 1. The van der Waals surface area contributed by atoms with E-state index in [1.165, 1.54) is 11.3 Å². The summed E-state index contributed by atoms with van der Waals surface area (Å²) >= 11 is 1.30. The molecule has 3 N–H and O–H groups in total. The van der Waals surface area contributed by atoms with Crippen LogP contribution in [0.2, 0.25) is 0 Å². The number of amides is 1. The molecule has 6 nitrogen and oxygen atoms in total. The standard InChI is InChI=1S/C12H20N4O2S/c1-7(2)14-12-15-10(13)9(19-12)11(17)16(3)8-4-5-18-6-8/h7-8H,4-6,13H2,1-3H3,(H,14,15). The Morgan fingerprint density at radius 1 is 1.63 bits per heavy atom. The van der Waals surface area contributed by atoms with E-state index in [4.69, 9.17) is 10.5 Å². The molecule has 0 saturated carbocycles. The molecule has 1 fully saturated rings. The van der Waals surface area contributed by atoms with Gasteiger partial charge in [0.25, 0.3) is 5.91 Å². The van der Waals surface area contributed by atoms with Gasteiger partial charge in [-0.25, -0.2) is 4.98 Å². The van der Waals surface area contributed by atoms with Crippen LogP contribution in [0.3, 0.4) is 0 Å². The molecule has 1 amide bonds. The average Bonchev–Trinajstić information content (AvgIpc) is 2.96. The summed E-state index contributed by atoms with van der Waals surface area (Å²) in [7, 11) is 1.79. The number of hydrogen-bond donors (Lipinski definition) is 2. The minimum Gasteiger partial charge on any atom is -0.382 e. The molecule has 1 aliphatic heterocycles. The fourth-order valence-electron chi connectivity index (χ4n) is 1.95. The maximum atomic E-state index is 12.4. The molecule has 0 aromatic carbocycles. The van der Waals surface area contributed by atoms with E-state index in [9.17, 15) is 4.79 Å². The van der Waals surface area contributed by atoms with Crippen molar-refractivity contribution in [3.05, 3.63) is 4.88 Å². The summed E-state index contributed by atoms with van der Waals surface area (Å²) in [4.78, 5) is 18.8. The Labute approximate surface area is 116 Å². The maximum absolute atomic E-state index is 12.4. The molecule has 7 heteroatoms. The molecule has 0 radical (unpaired) electrons. The second-order valence-corrected chi connectivity index (χ2v) is 5.96. The Morgan fingerprint density at radius 3 is 2.95 bits per heavy atom. The second-order valence-electron chi connectivity index (χ2n) is 4.97. The smallest absolute Gasteiger partial charge is 0.267 e. The van der Waals surface area contributed by atoms with Crippen LogP contribution in [0.15, 0.2) is 0 Å². The molecule has 106 valence electrons. The lowest BCUT2D eigenvalue weighted by molar-refractivity contribution is 0.0717. The Kier molecular flexibility index (Phi) is 4.26. The van der Waals surface area contributed by atoms with Crippen molar-refractivity contribution < 1.29 is 9.53 Å². The molecular weight excluding hydrogens is 264 g/mol. The molecule has 0 spiro atoms. The van der Waals surface area contributed by atoms with Gasteiger partial charge in [-0.15, -0.1) is 0 Å². The second kappa shape index (κ2) is 5.75. The molecule has 1 saturated heterocycles. The van der Waals surface area contributed by atoms with Gasteiger partial charge in [0, 0.05) is 19.7 Å². The van der Waals surface area contributed by atoms with Crippen molar-refractivity contribution >= 4 is 28.2 Å². The number of nitrogen functional groups attached to an aromatic ring is 1. The minimum atomic E-state index is -0.0812. The number of hydrogen-bond acceptors (Lipinski definition) is 6. The number of nitrogens with zero attached hydrogens (tertiary/aromatic N) is 2. The summed E-state index contributed by atoms with van der Waals surface area (Å²) in [5, 5.41) is 3.85. The van der Waals surface area contributed by atoms with Crippen LogP contribution < -0.4 is 11.1 Å². The highest BCUT2D eigenvalue weighted by atomic mass is 32.1. The first-order valence-corrected chi connectivity index (χ1v) is 7.18. The van der Waals surface area contributed by atoms with Crippen molar-refractivity contribution in [2.24, 2.45) is 0 Å². The van der Waals surface area contributed by atoms with Crippen LogP contribution in [0.4, 0.5) is 10.9 Å². The molecule has 19 heavy (non-hydrogen) atoms. The van der Waals surface area contributed by atoms with E-state index in [2.05, 4.69) is 10.3 Å². The third kappa shape index (κ3) is 3.16. The topological polar surface area (TPSA) is 80.5 Å². The fourth-order valence-corrected chi connectivity index (χ4v) is 2.96. The SMILES string of the molecule is CC(C)Nc1nc(N)c(C(=O)N(C)C2CCOC2)s1. The van der Waals surface area contributed by atoms with Gasteiger partial charge >= 0.3 is 0 Å². The van der Waals surface area contributed by atoms with Gasteiger partial charge in [-0.1, -0.05) is 11.3 Å². The van der Waals surface area contributed by atoms with E-state index in [1.807, 2.05) is 13.8 Å². The minimum absolute atomic E-state index is 0.0812. The molecule has 0 aliphatic carbocycles. The van der Waals surface area contributed by atoms with Gasteiger partial charge in [-0.3, -0.25) is 4.79 Å². The van der Waals surface area contributed by atoms with Crippen molar-refractivity contribution in [2.75, 3.05) is 31.3 Å². The van der Waals surface area contributed by atoms with Crippen LogP contribution >= 0.6 is 11.3 Å². The molecule has 2 rings (SSSR count). The highest BCUT2D eigenvalue weighted by Gasteiger charge is 2.27. The first kappa shape index (κ1) is 14.1. The molecular formula is C12H20N4O2S. The van der Waals surface area contributed by atoms with Crippen molar-refractivity contribution in [2.45, 2.75) is 32.4 Å². The first-order valence-electron chi connectivity index (χ1n) is 6.36. The van der Waals surface area contributed by atoms with Crippen molar-refractivity contribution in [1.82, 2.24) is 9.88 Å². The zero-order chi connectivity index (χ0) is 14.0. The number of anilines is 2. The van der Waals surface area contributed by atoms with E-state index >= 15 is 0 Å². The van der Waals surface area contributed by atoms with Gasteiger partial charge in [-0.2, -0.15) is 0 Å². The number of nitrogens with one attached hydrogen (secondary N) is 1. The number of carbonyl (C=O) groups excluding carboxylic acids is 1. The maximum Gasteiger partial charge on any atom is 0.267 e. The van der Waals surface area contributed by atoms with Gasteiger partial charge in [0.05, 0.1) is 12.6 Å². The first-order chi connectivity index (χ1) is 8.99. The number of nitrogens with two attached hydrogens (primary N) is 1. The van der Waals surface area contributed by atoms with E-state index in [0.717, 1.165) is 6.42 Å². The molecule has 1 unspecified atom stereocenters. The van der Waals surface area contributed by atoms with Crippen LogP contribution in [-0.4, -0.2) is 48.1 Å². The molecule has 0 bridgehead atoms. The van der Waals surface area contributed by atoms with Crippen LogP contribution in [0.5, 0.6) is 0 Å².